The highest BCUT2D eigenvalue weighted by Gasteiger charge is 2.22. The van der Waals surface area contributed by atoms with E-state index in [0.29, 0.717) is 0 Å². The van der Waals surface area contributed by atoms with Crippen LogP contribution in [0.25, 0.3) is 0 Å². The third-order valence-corrected chi connectivity index (χ3v) is 5.71. The zero-order valence-electron chi connectivity index (χ0n) is 16.3. The Bertz CT molecular complexity index is 934. The van der Waals surface area contributed by atoms with Gasteiger partial charge in [-0.05, 0) is 44.9 Å². The van der Waals surface area contributed by atoms with E-state index in [-0.39, 0.29) is 11.0 Å². The Kier molecular flexibility index (Phi) is 6.11. The molecule has 3 rings (SSSR count). The summed E-state index contributed by atoms with van der Waals surface area (Å²) in [6.07, 6.45) is 0.738. The molecule has 2 aromatic carbocycles. The minimum atomic E-state index is -0.218. The van der Waals surface area contributed by atoms with Crippen LogP contribution in [0.2, 0.25) is 0 Å². The summed E-state index contributed by atoms with van der Waals surface area (Å²) < 4.78 is 2.10. The van der Waals surface area contributed by atoms with Gasteiger partial charge in [0.1, 0.15) is 5.82 Å². The van der Waals surface area contributed by atoms with Gasteiger partial charge in [0.25, 0.3) is 0 Å². The summed E-state index contributed by atoms with van der Waals surface area (Å²) in [6.45, 7) is 8.80. The fourth-order valence-electron chi connectivity index (χ4n) is 3.06. The second kappa shape index (κ2) is 8.53. The molecule has 1 heterocycles. The molecular formula is C22H25N3OS. The maximum absolute atomic E-state index is 12.9. The number of hydrogen-bond donors (Lipinski definition) is 0. The zero-order valence-corrected chi connectivity index (χ0v) is 17.1. The van der Waals surface area contributed by atoms with Gasteiger partial charge in [-0.25, -0.2) is 0 Å². The molecule has 0 saturated carbocycles. The smallest absolute Gasteiger partial charge is 0.191 e. The van der Waals surface area contributed by atoms with Crippen molar-refractivity contribution in [1.29, 1.82) is 0 Å². The van der Waals surface area contributed by atoms with Crippen LogP contribution in [0.4, 0.5) is 0 Å². The molecule has 0 bridgehead atoms. The topological polar surface area (TPSA) is 47.8 Å². The van der Waals surface area contributed by atoms with Gasteiger partial charge in [-0.1, -0.05) is 59.8 Å². The summed E-state index contributed by atoms with van der Waals surface area (Å²) in [4.78, 5) is 12.9. The van der Waals surface area contributed by atoms with Crippen LogP contribution < -0.4 is 0 Å². The van der Waals surface area contributed by atoms with Crippen LogP contribution in [0.1, 0.15) is 46.7 Å². The van der Waals surface area contributed by atoms with Crippen LogP contribution in [-0.4, -0.2) is 25.8 Å². The number of thioether (sulfide) groups is 1. The van der Waals surface area contributed by atoms with Crippen molar-refractivity contribution < 1.29 is 4.79 Å². The molecule has 0 radical (unpaired) electrons. The molecule has 27 heavy (non-hydrogen) atoms. The molecule has 1 atom stereocenters. The number of hydrogen-bond acceptors (Lipinski definition) is 4. The average molecular weight is 380 g/mol. The molecule has 0 spiro atoms. The summed E-state index contributed by atoms with van der Waals surface area (Å²) in [5, 5.41) is 9.33. The van der Waals surface area contributed by atoms with Gasteiger partial charge < -0.3 is 4.57 Å². The summed E-state index contributed by atoms with van der Waals surface area (Å²) in [5.74, 6) is 1.06. The molecule has 4 nitrogen and oxygen atoms in total. The van der Waals surface area contributed by atoms with Gasteiger partial charge in [-0.2, -0.15) is 0 Å². The van der Waals surface area contributed by atoms with Crippen LogP contribution in [0.5, 0.6) is 0 Å². The molecule has 0 aliphatic rings. The molecule has 0 amide bonds. The number of ketones is 1. The van der Waals surface area contributed by atoms with Crippen molar-refractivity contribution in [3.63, 3.8) is 0 Å². The highest BCUT2D eigenvalue weighted by atomic mass is 32.2. The monoisotopic (exact) mass is 379 g/mol. The average Bonchev–Trinajstić information content (AvgIpc) is 3.05. The molecule has 0 unspecified atom stereocenters. The lowest BCUT2D eigenvalue weighted by Crippen LogP contribution is -2.16. The summed E-state index contributed by atoms with van der Waals surface area (Å²) in [5.41, 5.74) is 4.11. The molecule has 1 aromatic heterocycles. The van der Waals surface area contributed by atoms with Crippen molar-refractivity contribution in [2.75, 3.05) is 0 Å². The predicted octanol–water partition coefficient (Wildman–Crippen LogP) is 4.87. The lowest BCUT2D eigenvalue weighted by atomic mass is 10.0. The van der Waals surface area contributed by atoms with E-state index in [1.165, 1.54) is 17.3 Å². The largest absolute Gasteiger partial charge is 0.306 e. The Labute approximate surface area is 165 Å². The number of carbonyl (C=O) groups excluding carboxylic acids is 1. The maximum atomic E-state index is 12.9. The van der Waals surface area contributed by atoms with E-state index in [2.05, 4.69) is 33.8 Å². The first-order valence-corrected chi connectivity index (χ1v) is 10.1. The summed E-state index contributed by atoms with van der Waals surface area (Å²) >= 11 is 1.48. The van der Waals surface area contributed by atoms with Gasteiger partial charge in [-0.3, -0.25) is 4.79 Å². The van der Waals surface area contributed by atoms with Crippen molar-refractivity contribution in [3.8, 4) is 0 Å². The first-order valence-electron chi connectivity index (χ1n) is 9.23. The van der Waals surface area contributed by atoms with Crippen LogP contribution in [-0.2, 0) is 13.0 Å². The van der Waals surface area contributed by atoms with E-state index >= 15 is 0 Å². The second-order valence-electron chi connectivity index (χ2n) is 6.75. The van der Waals surface area contributed by atoms with Crippen molar-refractivity contribution >= 4 is 17.5 Å². The van der Waals surface area contributed by atoms with Gasteiger partial charge >= 0.3 is 0 Å². The molecule has 5 heteroatoms. The molecule has 3 aromatic rings. The Hall–Kier alpha value is -2.40. The minimum absolute atomic E-state index is 0.136. The van der Waals surface area contributed by atoms with Gasteiger partial charge in [0.05, 0.1) is 5.25 Å². The van der Waals surface area contributed by atoms with Gasteiger partial charge in [0.15, 0.2) is 10.9 Å². The highest BCUT2D eigenvalue weighted by Crippen LogP contribution is 2.27. The number of aromatic nitrogens is 3. The minimum Gasteiger partial charge on any atom is -0.306 e. The molecule has 140 valence electrons. The Morgan fingerprint density at radius 1 is 1.11 bits per heavy atom. The van der Waals surface area contributed by atoms with E-state index in [1.54, 1.807) is 0 Å². The van der Waals surface area contributed by atoms with Crippen molar-refractivity contribution in [1.82, 2.24) is 14.8 Å². The zero-order chi connectivity index (χ0) is 19.4. The number of Topliss-reactive ketones (excluding diaryl/α,β-unsaturated/α-hetero) is 1. The molecule has 0 aliphatic carbocycles. The van der Waals surface area contributed by atoms with E-state index < -0.39 is 0 Å². The van der Waals surface area contributed by atoms with Crippen molar-refractivity contribution in [3.05, 3.63) is 76.6 Å². The third kappa shape index (κ3) is 4.48. The number of rotatable bonds is 7. The van der Waals surface area contributed by atoms with E-state index in [9.17, 15) is 4.79 Å². The predicted molar refractivity (Wildman–Crippen MR) is 111 cm³/mol. The molecule has 0 N–H and O–H groups in total. The Morgan fingerprint density at radius 2 is 1.85 bits per heavy atom. The Balaban J connectivity index is 1.79. The molecule has 0 fully saturated rings. The SMILES string of the molecule is CCn1c(Cc2ccccc2)nnc1S[C@H](C)C(=O)c1cc(C)ccc1C. The lowest BCUT2D eigenvalue weighted by molar-refractivity contribution is 0.0993. The number of benzene rings is 2. The Morgan fingerprint density at radius 3 is 2.56 bits per heavy atom. The van der Waals surface area contributed by atoms with Gasteiger partial charge in [0, 0.05) is 18.5 Å². The fourth-order valence-corrected chi connectivity index (χ4v) is 4.06. The quantitative estimate of drug-likeness (QED) is 0.434. The molecular weight excluding hydrogens is 354 g/mol. The molecule has 0 aliphatic heterocycles. The van der Waals surface area contributed by atoms with Crippen molar-refractivity contribution in [2.24, 2.45) is 0 Å². The first-order chi connectivity index (χ1) is 13.0. The standard InChI is InChI=1S/C22H25N3OS/c1-5-25-20(14-18-9-7-6-8-10-18)23-24-22(25)27-17(4)21(26)19-13-15(2)11-12-16(19)3/h6-13,17H,5,14H2,1-4H3/t17-/m1/s1. The normalized spacial score (nSPS) is 12.1. The third-order valence-electron chi connectivity index (χ3n) is 4.62. The van der Waals surface area contributed by atoms with Crippen LogP contribution in [0.15, 0.2) is 53.7 Å². The number of nitrogens with zero attached hydrogens (tertiary/aromatic N) is 3. The van der Waals surface area contributed by atoms with E-state index in [1.807, 2.05) is 57.2 Å². The lowest BCUT2D eigenvalue weighted by Gasteiger charge is -2.13. The van der Waals surface area contributed by atoms with Gasteiger partial charge in [0.2, 0.25) is 0 Å². The number of carbonyl (C=O) groups is 1. The van der Waals surface area contributed by atoms with Crippen LogP contribution in [0, 0.1) is 13.8 Å². The van der Waals surface area contributed by atoms with Crippen molar-refractivity contribution in [2.45, 2.75) is 51.1 Å². The maximum Gasteiger partial charge on any atom is 0.191 e. The molecule has 0 saturated heterocycles. The summed E-state index contributed by atoms with van der Waals surface area (Å²) in [6, 6.07) is 16.3. The highest BCUT2D eigenvalue weighted by molar-refractivity contribution is 8.00. The second-order valence-corrected chi connectivity index (χ2v) is 8.06. The van der Waals surface area contributed by atoms with Crippen LogP contribution >= 0.6 is 11.8 Å². The van der Waals surface area contributed by atoms with Gasteiger partial charge in [-0.15, -0.1) is 10.2 Å². The van der Waals surface area contributed by atoms with E-state index in [4.69, 9.17) is 0 Å². The fraction of sp³-hybridized carbons (Fsp3) is 0.318. The first kappa shape index (κ1) is 19.4. The summed E-state index contributed by atoms with van der Waals surface area (Å²) in [7, 11) is 0. The van der Waals surface area contributed by atoms with Crippen LogP contribution in [0.3, 0.4) is 0 Å². The number of aryl methyl sites for hydroxylation is 2. The van der Waals surface area contributed by atoms with E-state index in [0.717, 1.165) is 40.6 Å².